The molecule has 0 saturated carbocycles. The monoisotopic (exact) mass is 373 g/mol. The van der Waals surface area contributed by atoms with Crippen molar-refractivity contribution in [3.05, 3.63) is 90.1 Å². The molecule has 3 aromatic rings. The Morgan fingerprint density at radius 3 is 2.50 bits per heavy atom. The molecule has 0 fully saturated rings. The maximum absolute atomic E-state index is 12.0. The number of methoxy groups -OCH3 is 1. The van der Waals surface area contributed by atoms with E-state index in [0.29, 0.717) is 5.69 Å². The summed E-state index contributed by atoms with van der Waals surface area (Å²) in [5, 5.41) is 6.08. The molecule has 5 heteroatoms. The standard InChI is InChI=1S/C23H23N3O2/c1-28-21-11-7-19(8-12-21)15-16-24-22-13-10-20(17-25-22)26-23(27)14-9-18-5-3-2-4-6-18/h2-14,17H,15-16H2,1H3,(H,24,25)(H,26,27)/b14-9+. The average Bonchev–Trinajstić information content (AvgIpc) is 2.75. The Morgan fingerprint density at radius 1 is 1.04 bits per heavy atom. The molecule has 0 radical (unpaired) electrons. The molecule has 0 unspecified atom stereocenters. The molecule has 142 valence electrons. The summed E-state index contributed by atoms with van der Waals surface area (Å²) in [6, 6.07) is 21.4. The lowest BCUT2D eigenvalue weighted by Gasteiger charge is -2.08. The number of amides is 1. The summed E-state index contributed by atoms with van der Waals surface area (Å²) in [5.74, 6) is 1.44. The van der Waals surface area contributed by atoms with Crippen LogP contribution < -0.4 is 15.4 Å². The molecule has 0 bridgehead atoms. The summed E-state index contributed by atoms with van der Waals surface area (Å²) in [7, 11) is 1.66. The predicted molar refractivity (Wildman–Crippen MR) is 114 cm³/mol. The van der Waals surface area contributed by atoms with Gasteiger partial charge in [0.15, 0.2) is 0 Å². The molecule has 2 aromatic carbocycles. The lowest BCUT2D eigenvalue weighted by atomic mass is 10.1. The number of pyridine rings is 1. The van der Waals surface area contributed by atoms with Crippen LogP contribution in [-0.4, -0.2) is 24.5 Å². The number of benzene rings is 2. The van der Waals surface area contributed by atoms with E-state index in [4.69, 9.17) is 4.74 Å². The molecule has 28 heavy (non-hydrogen) atoms. The van der Waals surface area contributed by atoms with Crippen LogP contribution in [-0.2, 0) is 11.2 Å². The molecule has 5 nitrogen and oxygen atoms in total. The third kappa shape index (κ3) is 5.99. The fraction of sp³-hybridized carbons (Fsp3) is 0.130. The van der Waals surface area contributed by atoms with E-state index in [2.05, 4.69) is 27.8 Å². The van der Waals surface area contributed by atoms with Gasteiger partial charge in [0.05, 0.1) is 19.0 Å². The van der Waals surface area contributed by atoms with Gasteiger partial charge < -0.3 is 15.4 Å². The first-order valence-corrected chi connectivity index (χ1v) is 9.10. The number of carbonyl (C=O) groups is 1. The van der Waals surface area contributed by atoms with Gasteiger partial charge >= 0.3 is 0 Å². The Bertz CT molecular complexity index is 905. The summed E-state index contributed by atoms with van der Waals surface area (Å²) in [6.07, 6.45) is 5.81. The second-order valence-corrected chi connectivity index (χ2v) is 6.19. The summed E-state index contributed by atoms with van der Waals surface area (Å²) in [4.78, 5) is 16.3. The number of nitrogens with zero attached hydrogens (tertiary/aromatic N) is 1. The van der Waals surface area contributed by atoms with E-state index in [1.807, 2.05) is 54.6 Å². The highest BCUT2D eigenvalue weighted by Crippen LogP contribution is 2.13. The van der Waals surface area contributed by atoms with Crippen LogP contribution in [0.3, 0.4) is 0 Å². The molecule has 0 spiro atoms. The minimum atomic E-state index is -0.189. The van der Waals surface area contributed by atoms with E-state index >= 15 is 0 Å². The molecule has 2 N–H and O–H groups in total. The van der Waals surface area contributed by atoms with Gasteiger partial charge in [0.1, 0.15) is 11.6 Å². The van der Waals surface area contributed by atoms with Gasteiger partial charge in [0.25, 0.3) is 0 Å². The number of ether oxygens (including phenoxy) is 1. The summed E-state index contributed by atoms with van der Waals surface area (Å²) in [6.45, 7) is 0.769. The molecule has 0 aliphatic heterocycles. The zero-order valence-corrected chi connectivity index (χ0v) is 15.8. The van der Waals surface area contributed by atoms with Gasteiger partial charge in [0.2, 0.25) is 5.91 Å². The molecule has 0 atom stereocenters. The van der Waals surface area contributed by atoms with Crippen molar-refractivity contribution in [3.63, 3.8) is 0 Å². The maximum atomic E-state index is 12.0. The third-order valence-corrected chi connectivity index (χ3v) is 4.14. The molecular formula is C23H23N3O2. The van der Waals surface area contributed by atoms with Crippen LogP contribution in [0.2, 0.25) is 0 Å². The van der Waals surface area contributed by atoms with Crippen LogP contribution in [0.1, 0.15) is 11.1 Å². The summed E-state index contributed by atoms with van der Waals surface area (Å²) < 4.78 is 5.16. The van der Waals surface area contributed by atoms with E-state index in [1.54, 1.807) is 19.4 Å². The molecule has 1 amide bonds. The Balaban J connectivity index is 1.45. The van der Waals surface area contributed by atoms with Gasteiger partial charge in [-0.2, -0.15) is 0 Å². The SMILES string of the molecule is COc1ccc(CCNc2ccc(NC(=O)/C=C/c3ccccc3)cn2)cc1. The number of anilines is 2. The topological polar surface area (TPSA) is 63.2 Å². The highest BCUT2D eigenvalue weighted by atomic mass is 16.5. The molecule has 0 saturated heterocycles. The van der Waals surface area contributed by atoms with Crippen LogP contribution in [0.15, 0.2) is 79.0 Å². The minimum absolute atomic E-state index is 0.189. The Kier molecular flexibility index (Phi) is 6.79. The van der Waals surface area contributed by atoms with Crippen LogP contribution in [0.5, 0.6) is 5.75 Å². The highest BCUT2D eigenvalue weighted by molar-refractivity contribution is 6.01. The Labute approximate surface area is 165 Å². The van der Waals surface area contributed by atoms with Crippen molar-refractivity contribution in [1.29, 1.82) is 0 Å². The fourth-order valence-corrected chi connectivity index (χ4v) is 2.62. The van der Waals surface area contributed by atoms with Crippen LogP contribution in [0.25, 0.3) is 6.08 Å². The van der Waals surface area contributed by atoms with E-state index in [9.17, 15) is 4.79 Å². The first-order chi connectivity index (χ1) is 13.7. The normalized spacial score (nSPS) is 10.6. The second kappa shape index (κ2) is 9.92. The maximum Gasteiger partial charge on any atom is 0.248 e. The number of hydrogen-bond acceptors (Lipinski definition) is 4. The zero-order valence-electron chi connectivity index (χ0n) is 15.8. The fourth-order valence-electron chi connectivity index (χ4n) is 2.62. The van der Waals surface area contributed by atoms with E-state index < -0.39 is 0 Å². The Morgan fingerprint density at radius 2 is 1.82 bits per heavy atom. The van der Waals surface area contributed by atoms with E-state index in [-0.39, 0.29) is 5.91 Å². The van der Waals surface area contributed by atoms with E-state index in [1.165, 1.54) is 11.6 Å². The largest absolute Gasteiger partial charge is 0.497 e. The van der Waals surface area contributed by atoms with Crippen molar-refractivity contribution in [2.75, 3.05) is 24.3 Å². The second-order valence-electron chi connectivity index (χ2n) is 6.19. The van der Waals surface area contributed by atoms with Crippen molar-refractivity contribution >= 4 is 23.5 Å². The van der Waals surface area contributed by atoms with Crippen LogP contribution in [0.4, 0.5) is 11.5 Å². The Hall–Kier alpha value is -3.60. The van der Waals surface area contributed by atoms with Crippen molar-refractivity contribution in [3.8, 4) is 5.75 Å². The van der Waals surface area contributed by atoms with Crippen molar-refractivity contribution in [1.82, 2.24) is 4.98 Å². The number of hydrogen-bond donors (Lipinski definition) is 2. The quantitative estimate of drug-likeness (QED) is 0.575. The number of rotatable bonds is 8. The van der Waals surface area contributed by atoms with Gasteiger partial charge in [-0.1, -0.05) is 42.5 Å². The van der Waals surface area contributed by atoms with Crippen molar-refractivity contribution < 1.29 is 9.53 Å². The average molecular weight is 373 g/mol. The van der Waals surface area contributed by atoms with Crippen LogP contribution >= 0.6 is 0 Å². The first kappa shape index (κ1) is 19.2. The highest BCUT2D eigenvalue weighted by Gasteiger charge is 2.00. The number of carbonyl (C=O) groups excluding carboxylic acids is 1. The number of nitrogens with one attached hydrogen (secondary N) is 2. The summed E-state index contributed by atoms with van der Waals surface area (Å²) >= 11 is 0. The molecule has 3 rings (SSSR count). The van der Waals surface area contributed by atoms with Crippen LogP contribution in [0, 0.1) is 0 Å². The minimum Gasteiger partial charge on any atom is -0.497 e. The van der Waals surface area contributed by atoms with Crippen molar-refractivity contribution in [2.24, 2.45) is 0 Å². The van der Waals surface area contributed by atoms with Gasteiger partial charge in [-0.3, -0.25) is 4.79 Å². The molecular weight excluding hydrogens is 350 g/mol. The lowest BCUT2D eigenvalue weighted by Crippen LogP contribution is -2.09. The smallest absolute Gasteiger partial charge is 0.248 e. The first-order valence-electron chi connectivity index (χ1n) is 9.10. The molecule has 0 aliphatic rings. The molecule has 1 heterocycles. The van der Waals surface area contributed by atoms with Gasteiger partial charge in [-0.05, 0) is 47.9 Å². The molecule has 0 aliphatic carbocycles. The van der Waals surface area contributed by atoms with Gasteiger partial charge in [-0.25, -0.2) is 4.98 Å². The van der Waals surface area contributed by atoms with Gasteiger partial charge in [-0.15, -0.1) is 0 Å². The van der Waals surface area contributed by atoms with E-state index in [0.717, 1.165) is 30.1 Å². The van der Waals surface area contributed by atoms with Crippen molar-refractivity contribution in [2.45, 2.75) is 6.42 Å². The summed E-state index contributed by atoms with van der Waals surface area (Å²) in [5.41, 5.74) is 2.86. The molecule has 1 aromatic heterocycles. The third-order valence-electron chi connectivity index (χ3n) is 4.14. The predicted octanol–water partition coefficient (Wildman–Crippen LogP) is 4.40. The number of aromatic nitrogens is 1. The lowest BCUT2D eigenvalue weighted by molar-refractivity contribution is -0.111. The zero-order chi connectivity index (χ0) is 19.6. The van der Waals surface area contributed by atoms with Gasteiger partial charge in [0, 0.05) is 12.6 Å².